The van der Waals surface area contributed by atoms with Crippen molar-refractivity contribution in [3.8, 4) is 0 Å². The van der Waals surface area contributed by atoms with Crippen LogP contribution in [0.1, 0.15) is 6.42 Å². The molecular weight excluding hydrogens is 254 g/mol. The first-order chi connectivity index (χ1) is 9.17. The van der Waals surface area contributed by atoms with Gasteiger partial charge in [-0.1, -0.05) is 0 Å². The van der Waals surface area contributed by atoms with E-state index in [1.165, 1.54) is 7.11 Å². The van der Waals surface area contributed by atoms with Crippen molar-refractivity contribution < 1.29 is 28.5 Å². The van der Waals surface area contributed by atoms with Gasteiger partial charge in [0.25, 0.3) is 0 Å². The van der Waals surface area contributed by atoms with E-state index in [-0.39, 0.29) is 31.0 Å². The summed E-state index contributed by atoms with van der Waals surface area (Å²) in [5.41, 5.74) is 0. The van der Waals surface area contributed by atoms with Crippen LogP contribution in [0.2, 0.25) is 0 Å². The first-order valence-corrected chi connectivity index (χ1v) is 6.20. The van der Waals surface area contributed by atoms with Gasteiger partial charge >= 0.3 is 5.97 Å². The number of methoxy groups -OCH3 is 2. The molecule has 1 atom stereocenters. The summed E-state index contributed by atoms with van der Waals surface area (Å²) in [6.45, 7) is 2.20. The number of carbonyl (C=O) groups excluding carboxylic acids is 2. The minimum atomic E-state index is -0.337. The highest BCUT2D eigenvalue weighted by Gasteiger charge is 2.26. The Kier molecular flexibility index (Phi) is 7.39. The van der Waals surface area contributed by atoms with Crippen LogP contribution in [0.25, 0.3) is 0 Å². The van der Waals surface area contributed by atoms with E-state index in [2.05, 4.69) is 4.74 Å². The highest BCUT2D eigenvalue weighted by atomic mass is 16.5. The van der Waals surface area contributed by atoms with Crippen molar-refractivity contribution >= 4 is 11.9 Å². The lowest BCUT2D eigenvalue weighted by molar-refractivity contribution is -0.152. The van der Waals surface area contributed by atoms with E-state index < -0.39 is 0 Å². The zero-order valence-corrected chi connectivity index (χ0v) is 11.4. The maximum atomic E-state index is 11.9. The highest BCUT2D eigenvalue weighted by molar-refractivity contribution is 5.77. The van der Waals surface area contributed by atoms with Gasteiger partial charge in [0.2, 0.25) is 5.91 Å². The van der Waals surface area contributed by atoms with E-state index in [0.29, 0.717) is 32.9 Å². The predicted octanol–water partition coefficient (Wildman–Crippen LogP) is -0.560. The number of hydrogen-bond acceptors (Lipinski definition) is 6. The Labute approximate surface area is 112 Å². The van der Waals surface area contributed by atoms with Gasteiger partial charge in [-0.25, -0.2) is 0 Å². The van der Waals surface area contributed by atoms with Crippen molar-refractivity contribution in [1.29, 1.82) is 0 Å². The molecule has 7 nitrogen and oxygen atoms in total. The first-order valence-electron chi connectivity index (χ1n) is 6.20. The van der Waals surface area contributed by atoms with Crippen molar-refractivity contribution in [1.82, 2.24) is 4.90 Å². The van der Waals surface area contributed by atoms with E-state index >= 15 is 0 Å². The Morgan fingerprint density at radius 3 is 2.79 bits per heavy atom. The largest absolute Gasteiger partial charge is 0.469 e. The second-order valence-corrected chi connectivity index (χ2v) is 4.16. The SMILES string of the molecule is COCCOCC(=O)N1CCOC(CC(=O)OC)C1. The monoisotopic (exact) mass is 275 g/mol. The Bertz CT molecular complexity index is 296. The number of rotatable bonds is 7. The van der Waals surface area contributed by atoms with E-state index in [0.717, 1.165) is 0 Å². The topological polar surface area (TPSA) is 74.3 Å². The quantitative estimate of drug-likeness (QED) is 0.458. The molecular formula is C12H21NO6. The molecule has 0 aromatic carbocycles. The lowest BCUT2D eigenvalue weighted by Gasteiger charge is -2.32. The minimum Gasteiger partial charge on any atom is -0.469 e. The van der Waals surface area contributed by atoms with Crippen LogP contribution in [0.15, 0.2) is 0 Å². The standard InChI is InChI=1S/C12H21NO6/c1-16-5-6-18-9-11(14)13-3-4-19-10(8-13)7-12(15)17-2/h10H,3-9H2,1-2H3. The summed E-state index contributed by atoms with van der Waals surface area (Å²) in [4.78, 5) is 24.6. The summed E-state index contributed by atoms with van der Waals surface area (Å²) < 4.78 is 20.0. The molecule has 0 spiro atoms. The van der Waals surface area contributed by atoms with Crippen LogP contribution < -0.4 is 0 Å². The zero-order chi connectivity index (χ0) is 14.1. The van der Waals surface area contributed by atoms with E-state index in [9.17, 15) is 9.59 Å². The number of carbonyl (C=O) groups is 2. The minimum absolute atomic E-state index is 0.0221. The summed E-state index contributed by atoms with van der Waals surface area (Å²) in [6, 6.07) is 0. The van der Waals surface area contributed by atoms with Crippen LogP contribution >= 0.6 is 0 Å². The molecule has 0 aromatic heterocycles. The van der Waals surface area contributed by atoms with E-state index in [1.54, 1.807) is 12.0 Å². The fourth-order valence-electron chi connectivity index (χ4n) is 1.73. The number of morpholine rings is 1. The van der Waals surface area contributed by atoms with Gasteiger partial charge in [0, 0.05) is 20.2 Å². The number of nitrogens with zero attached hydrogens (tertiary/aromatic N) is 1. The molecule has 1 saturated heterocycles. The van der Waals surface area contributed by atoms with Crippen LogP contribution in [0.5, 0.6) is 0 Å². The second-order valence-electron chi connectivity index (χ2n) is 4.16. The molecule has 1 unspecified atom stereocenters. The molecule has 1 heterocycles. The van der Waals surface area contributed by atoms with Gasteiger partial charge in [0.1, 0.15) is 6.61 Å². The van der Waals surface area contributed by atoms with Gasteiger partial charge < -0.3 is 23.8 Å². The number of hydrogen-bond donors (Lipinski definition) is 0. The molecule has 0 radical (unpaired) electrons. The number of esters is 1. The van der Waals surface area contributed by atoms with Gasteiger partial charge in [-0.2, -0.15) is 0 Å². The summed E-state index contributed by atoms with van der Waals surface area (Å²) in [7, 11) is 2.91. The third-order valence-electron chi connectivity index (χ3n) is 2.77. The summed E-state index contributed by atoms with van der Waals surface area (Å²) >= 11 is 0. The molecule has 1 fully saturated rings. The molecule has 0 bridgehead atoms. The van der Waals surface area contributed by atoms with E-state index in [4.69, 9.17) is 14.2 Å². The molecule has 1 aliphatic heterocycles. The number of amides is 1. The van der Waals surface area contributed by atoms with Crippen molar-refractivity contribution in [2.75, 3.05) is 53.7 Å². The zero-order valence-electron chi connectivity index (χ0n) is 11.4. The van der Waals surface area contributed by atoms with Gasteiger partial charge in [-0.05, 0) is 0 Å². The Morgan fingerprint density at radius 2 is 2.11 bits per heavy atom. The number of ether oxygens (including phenoxy) is 4. The Hall–Kier alpha value is -1.18. The highest BCUT2D eigenvalue weighted by Crippen LogP contribution is 2.09. The normalized spacial score (nSPS) is 19.3. The molecule has 110 valence electrons. The lowest BCUT2D eigenvalue weighted by Crippen LogP contribution is -2.47. The predicted molar refractivity (Wildman–Crippen MR) is 65.6 cm³/mol. The fraction of sp³-hybridized carbons (Fsp3) is 0.833. The van der Waals surface area contributed by atoms with Crippen molar-refractivity contribution in [2.24, 2.45) is 0 Å². The molecule has 1 aliphatic rings. The van der Waals surface area contributed by atoms with Crippen LogP contribution in [-0.2, 0) is 28.5 Å². The van der Waals surface area contributed by atoms with Gasteiger partial charge in [0.15, 0.2) is 0 Å². The molecule has 0 N–H and O–H groups in total. The van der Waals surface area contributed by atoms with Crippen LogP contribution in [0.4, 0.5) is 0 Å². The van der Waals surface area contributed by atoms with Gasteiger partial charge in [-0.3, -0.25) is 9.59 Å². The Morgan fingerprint density at radius 1 is 1.32 bits per heavy atom. The summed E-state index contributed by atoms with van der Waals surface area (Å²) in [5.74, 6) is -0.440. The average Bonchev–Trinajstić information content (AvgIpc) is 2.43. The third kappa shape index (κ3) is 6.00. The van der Waals surface area contributed by atoms with Crippen molar-refractivity contribution in [2.45, 2.75) is 12.5 Å². The molecule has 0 aliphatic carbocycles. The Balaban J connectivity index is 2.28. The summed E-state index contributed by atoms with van der Waals surface area (Å²) in [5, 5.41) is 0. The molecule has 1 rings (SSSR count). The van der Waals surface area contributed by atoms with Crippen LogP contribution in [0, 0.1) is 0 Å². The van der Waals surface area contributed by atoms with Gasteiger partial charge in [0.05, 0.1) is 39.5 Å². The fourth-order valence-corrected chi connectivity index (χ4v) is 1.73. The summed E-state index contributed by atoms with van der Waals surface area (Å²) in [6.07, 6.45) is -0.144. The molecule has 0 saturated carbocycles. The van der Waals surface area contributed by atoms with Crippen molar-refractivity contribution in [3.63, 3.8) is 0 Å². The third-order valence-corrected chi connectivity index (χ3v) is 2.77. The average molecular weight is 275 g/mol. The second kappa shape index (κ2) is 8.84. The van der Waals surface area contributed by atoms with Crippen LogP contribution in [0.3, 0.4) is 0 Å². The maximum absolute atomic E-state index is 11.9. The molecule has 1 amide bonds. The van der Waals surface area contributed by atoms with Crippen LogP contribution in [-0.4, -0.2) is 76.6 Å². The smallest absolute Gasteiger partial charge is 0.308 e. The molecule has 7 heteroatoms. The lowest BCUT2D eigenvalue weighted by atomic mass is 10.2. The maximum Gasteiger partial charge on any atom is 0.308 e. The molecule has 19 heavy (non-hydrogen) atoms. The van der Waals surface area contributed by atoms with Gasteiger partial charge in [-0.15, -0.1) is 0 Å². The van der Waals surface area contributed by atoms with Crippen molar-refractivity contribution in [3.05, 3.63) is 0 Å². The van der Waals surface area contributed by atoms with E-state index in [1.807, 2.05) is 0 Å². The molecule has 0 aromatic rings. The first kappa shape index (κ1) is 15.9.